The molecule has 0 radical (unpaired) electrons. The van der Waals surface area contributed by atoms with Gasteiger partial charge in [-0.15, -0.1) is 0 Å². The summed E-state index contributed by atoms with van der Waals surface area (Å²) in [4.78, 5) is 51.5. The van der Waals surface area contributed by atoms with Gasteiger partial charge in [0.15, 0.2) is 17.6 Å². The predicted octanol–water partition coefficient (Wildman–Crippen LogP) is 2.92. The molecular formula is C25H26N2O7. The number of benzene rings is 2. The summed E-state index contributed by atoms with van der Waals surface area (Å²) >= 11 is 0. The van der Waals surface area contributed by atoms with Gasteiger partial charge in [-0.05, 0) is 55.2 Å². The van der Waals surface area contributed by atoms with Crippen molar-refractivity contribution in [2.75, 3.05) is 13.3 Å². The average Bonchev–Trinajstić information content (AvgIpc) is 3.38. The van der Waals surface area contributed by atoms with Gasteiger partial charge < -0.3 is 19.5 Å². The Bertz CT molecular complexity index is 1160. The monoisotopic (exact) mass is 466 g/mol. The van der Waals surface area contributed by atoms with Crippen LogP contribution in [0.2, 0.25) is 0 Å². The number of carbonyl (C=O) groups is 4. The number of ether oxygens (including phenoxy) is 3. The second-order valence-electron chi connectivity index (χ2n) is 8.66. The van der Waals surface area contributed by atoms with Crippen LogP contribution in [0, 0.1) is 5.92 Å². The predicted molar refractivity (Wildman–Crippen MR) is 121 cm³/mol. The van der Waals surface area contributed by atoms with Crippen molar-refractivity contribution >= 4 is 23.7 Å². The van der Waals surface area contributed by atoms with Crippen molar-refractivity contribution in [2.45, 2.75) is 39.8 Å². The molecule has 0 fully saturated rings. The van der Waals surface area contributed by atoms with E-state index < -0.39 is 23.9 Å². The van der Waals surface area contributed by atoms with Crippen LogP contribution in [0.4, 0.5) is 0 Å². The zero-order valence-electron chi connectivity index (χ0n) is 19.3. The summed E-state index contributed by atoms with van der Waals surface area (Å²) < 4.78 is 15.9. The fourth-order valence-electron chi connectivity index (χ4n) is 3.67. The van der Waals surface area contributed by atoms with E-state index in [-0.39, 0.29) is 35.9 Å². The normalized spacial score (nSPS) is 14.9. The smallest absolute Gasteiger partial charge is 0.338 e. The van der Waals surface area contributed by atoms with E-state index in [0.717, 1.165) is 5.56 Å². The van der Waals surface area contributed by atoms with Gasteiger partial charge in [-0.25, -0.2) is 4.79 Å². The molecule has 9 nitrogen and oxygen atoms in total. The van der Waals surface area contributed by atoms with Crippen molar-refractivity contribution in [1.29, 1.82) is 0 Å². The molecule has 1 N–H and O–H groups in total. The van der Waals surface area contributed by atoms with Gasteiger partial charge in [-0.2, -0.15) is 0 Å². The first-order valence-electron chi connectivity index (χ1n) is 11.1. The number of hydrogen-bond donors (Lipinski definition) is 1. The maximum absolute atomic E-state index is 12.7. The van der Waals surface area contributed by atoms with Crippen LogP contribution in [0.1, 0.15) is 63.8 Å². The summed E-state index contributed by atoms with van der Waals surface area (Å²) in [5, 5.41) is 2.71. The summed E-state index contributed by atoms with van der Waals surface area (Å²) in [6.45, 7) is 6.19. The number of nitrogens with one attached hydrogen (secondary N) is 1. The fourth-order valence-corrected chi connectivity index (χ4v) is 3.67. The summed E-state index contributed by atoms with van der Waals surface area (Å²) in [6, 6.07) is 9.56. The Morgan fingerprint density at radius 2 is 1.74 bits per heavy atom. The molecule has 1 atom stereocenters. The van der Waals surface area contributed by atoms with Crippen LogP contribution >= 0.6 is 0 Å². The lowest BCUT2D eigenvalue weighted by Crippen LogP contribution is -2.35. The van der Waals surface area contributed by atoms with E-state index in [4.69, 9.17) is 14.2 Å². The maximum atomic E-state index is 12.7. The molecule has 0 unspecified atom stereocenters. The minimum Gasteiger partial charge on any atom is -0.454 e. The molecular weight excluding hydrogens is 440 g/mol. The first-order valence-corrected chi connectivity index (χ1v) is 11.1. The number of imide groups is 1. The Balaban J connectivity index is 1.35. The van der Waals surface area contributed by atoms with Gasteiger partial charge in [0, 0.05) is 13.1 Å². The number of nitrogens with zero attached hydrogens (tertiary/aromatic N) is 1. The molecule has 4 rings (SSSR count). The number of amides is 3. The summed E-state index contributed by atoms with van der Waals surface area (Å²) in [7, 11) is 0. The number of hydrogen-bond acceptors (Lipinski definition) is 7. The van der Waals surface area contributed by atoms with Gasteiger partial charge in [0.05, 0.1) is 16.7 Å². The Morgan fingerprint density at radius 3 is 2.50 bits per heavy atom. The van der Waals surface area contributed by atoms with Gasteiger partial charge in [-0.1, -0.05) is 19.9 Å². The van der Waals surface area contributed by atoms with E-state index in [2.05, 4.69) is 5.32 Å². The van der Waals surface area contributed by atoms with E-state index in [0.29, 0.717) is 30.4 Å². The third-order valence-electron chi connectivity index (χ3n) is 5.69. The quantitative estimate of drug-likeness (QED) is 0.470. The molecule has 3 amide bonds. The molecule has 9 heteroatoms. The molecule has 2 aliphatic rings. The molecule has 0 saturated carbocycles. The lowest BCUT2D eigenvalue weighted by Gasteiger charge is -2.14. The highest BCUT2D eigenvalue weighted by Gasteiger charge is 2.36. The largest absolute Gasteiger partial charge is 0.454 e. The maximum Gasteiger partial charge on any atom is 0.338 e. The van der Waals surface area contributed by atoms with Crippen LogP contribution in [0.25, 0.3) is 0 Å². The molecule has 0 saturated heterocycles. The van der Waals surface area contributed by atoms with Crippen LogP contribution in [0.5, 0.6) is 11.5 Å². The zero-order chi connectivity index (χ0) is 24.4. The molecule has 2 heterocycles. The first kappa shape index (κ1) is 23.3. The van der Waals surface area contributed by atoms with Crippen molar-refractivity contribution in [3.05, 3.63) is 58.7 Å². The highest BCUT2D eigenvalue weighted by Crippen LogP contribution is 2.32. The number of fused-ring (bicyclic) bond motifs is 2. The van der Waals surface area contributed by atoms with E-state index in [1.54, 1.807) is 18.2 Å². The first-order chi connectivity index (χ1) is 16.2. The molecule has 2 aliphatic heterocycles. The molecule has 2 aromatic carbocycles. The minimum atomic E-state index is -1.06. The second-order valence-corrected chi connectivity index (χ2v) is 8.66. The van der Waals surface area contributed by atoms with Gasteiger partial charge in [-0.3, -0.25) is 19.3 Å². The van der Waals surface area contributed by atoms with Crippen molar-refractivity contribution < 1.29 is 33.4 Å². The van der Waals surface area contributed by atoms with Crippen LogP contribution in [-0.2, 0) is 16.1 Å². The van der Waals surface area contributed by atoms with E-state index in [1.807, 2.05) is 13.8 Å². The van der Waals surface area contributed by atoms with E-state index in [9.17, 15) is 19.2 Å². The Morgan fingerprint density at radius 1 is 1.00 bits per heavy atom. The minimum absolute atomic E-state index is 0.0982. The molecule has 0 bridgehead atoms. The lowest BCUT2D eigenvalue weighted by molar-refractivity contribution is -0.129. The van der Waals surface area contributed by atoms with E-state index >= 15 is 0 Å². The van der Waals surface area contributed by atoms with Crippen molar-refractivity contribution in [2.24, 2.45) is 5.92 Å². The molecule has 2 aromatic rings. The molecule has 0 spiro atoms. The Hall–Kier alpha value is -3.88. The Labute approximate surface area is 197 Å². The molecule has 34 heavy (non-hydrogen) atoms. The Kier molecular flexibility index (Phi) is 6.54. The number of esters is 1. The summed E-state index contributed by atoms with van der Waals surface area (Å²) in [6.07, 6.45) is -0.367. The SMILES string of the molecule is CC(C)CCN1C(=O)c2ccc(C(=O)O[C@H](C)C(=O)NCc3ccc4c(c3)OCO4)cc2C1=O. The van der Waals surface area contributed by atoms with Crippen molar-refractivity contribution in [3.8, 4) is 11.5 Å². The van der Waals surface area contributed by atoms with Crippen LogP contribution in [-0.4, -0.2) is 48.0 Å². The molecule has 0 aliphatic carbocycles. The highest BCUT2D eigenvalue weighted by molar-refractivity contribution is 6.22. The standard InChI is InChI=1S/C25H26N2O7/c1-14(2)8-9-27-23(29)18-6-5-17(11-19(18)24(27)30)25(31)34-15(3)22(28)26-12-16-4-7-20-21(10-16)33-13-32-20/h4-7,10-11,14-15H,8-9,12-13H2,1-3H3,(H,26,28)/t15-/m1/s1. The highest BCUT2D eigenvalue weighted by atomic mass is 16.7. The summed E-state index contributed by atoms with van der Waals surface area (Å²) in [5.74, 6) is -0.421. The van der Waals surface area contributed by atoms with Crippen LogP contribution in [0.15, 0.2) is 36.4 Å². The van der Waals surface area contributed by atoms with Crippen molar-refractivity contribution in [1.82, 2.24) is 10.2 Å². The molecule has 0 aromatic heterocycles. The van der Waals surface area contributed by atoms with E-state index in [1.165, 1.54) is 30.0 Å². The van der Waals surface area contributed by atoms with Crippen molar-refractivity contribution in [3.63, 3.8) is 0 Å². The van der Waals surface area contributed by atoms with Crippen LogP contribution in [0.3, 0.4) is 0 Å². The number of rotatable bonds is 8. The van der Waals surface area contributed by atoms with Crippen LogP contribution < -0.4 is 14.8 Å². The summed E-state index contributed by atoms with van der Waals surface area (Å²) in [5.41, 5.74) is 1.34. The lowest BCUT2D eigenvalue weighted by atomic mass is 10.1. The number of carbonyl (C=O) groups excluding carboxylic acids is 4. The van der Waals surface area contributed by atoms with Gasteiger partial charge in [0.2, 0.25) is 6.79 Å². The van der Waals surface area contributed by atoms with Gasteiger partial charge >= 0.3 is 5.97 Å². The average molecular weight is 466 g/mol. The molecule has 178 valence electrons. The zero-order valence-corrected chi connectivity index (χ0v) is 19.3. The van der Waals surface area contributed by atoms with Gasteiger partial charge in [0.1, 0.15) is 0 Å². The van der Waals surface area contributed by atoms with Gasteiger partial charge in [0.25, 0.3) is 17.7 Å². The fraction of sp³-hybridized carbons (Fsp3) is 0.360. The second kappa shape index (κ2) is 9.54. The topological polar surface area (TPSA) is 111 Å². The third kappa shape index (κ3) is 4.73. The third-order valence-corrected chi connectivity index (χ3v) is 5.69.